The third-order valence-electron chi connectivity index (χ3n) is 6.04. The maximum atomic E-state index is 11.3. The molecule has 0 spiro atoms. The summed E-state index contributed by atoms with van der Waals surface area (Å²) in [4.78, 5) is 18.2. The molecule has 2 fully saturated rings. The van der Waals surface area contributed by atoms with Crippen LogP contribution in [0, 0.1) is 10.1 Å². The number of non-ortho nitro benzene ring substituents is 1. The standard InChI is InChI=1S/C23H30N4O3/c28-27(29)22-8-9-23(20(19-22)5-4-10-24-15-17-30-18-16-24)26-13-11-25(12-14-26)21-6-2-1-3-7-21/h1-3,6-9,19H,4-5,10-18H2. The number of aryl methyl sites for hydroxylation is 1. The van der Waals surface area contributed by atoms with Gasteiger partial charge in [0.15, 0.2) is 0 Å². The molecule has 0 unspecified atom stereocenters. The molecule has 160 valence electrons. The minimum atomic E-state index is -0.289. The number of rotatable bonds is 7. The second kappa shape index (κ2) is 9.91. The smallest absolute Gasteiger partial charge is 0.269 e. The van der Waals surface area contributed by atoms with Gasteiger partial charge in [0.2, 0.25) is 0 Å². The molecule has 2 saturated heterocycles. The average molecular weight is 411 g/mol. The Morgan fingerprint density at radius 3 is 2.30 bits per heavy atom. The van der Waals surface area contributed by atoms with Crippen LogP contribution in [0.2, 0.25) is 0 Å². The predicted octanol–water partition coefficient (Wildman–Crippen LogP) is 3.19. The zero-order chi connectivity index (χ0) is 20.8. The van der Waals surface area contributed by atoms with Crippen molar-refractivity contribution < 1.29 is 9.66 Å². The van der Waals surface area contributed by atoms with Gasteiger partial charge in [0.1, 0.15) is 0 Å². The topological polar surface area (TPSA) is 62.1 Å². The van der Waals surface area contributed by atoms with Crippen molar-refractivity contribution in [3.63, 3.8) is 0 Å². The largest absolute Gasteiger partial charge is 0.379 e. The SMILES string of the molecule is O=[N+]([O-])c1ccc(N2CCN(c3ccccc3)CC2)c(CCCN2CCOCC2)c1. The van der Waals surface area contributed by atoms with Crippen molar-refractivity contribution in [3.05, 3.63) is 64.2 Å². The number of piperazine rings is 1. The lowest BCUT2D eigenvalue weighted by molar-refractivity contribution is -0.384. The molecule has 30 heavy (non-hydrogen) atoms. The fourth-order valence-electron chi connectivity index (χ4n) is 4.36. The second-order valence-corrected chi connectivity index (χ2v) is 7.94. The van der Waals surface area contributed by atoms with Crippen LogP contribution in [-0.2, 0) is 11.2 Å². The molecule has 7 heteroatoms. The average Bonchev–Trinajstić information content (AvgIpc) is 2.80. The van der Waals surface area contributed by atoms with Crippen LogP contribution in [0.5, 0.6) is 0 Å². The Hall–Kier alpha value is -2.64. The highest BCUT2D eigenvalue weighted by Gasteiger charge is 2.21. The molecule has 2 heterocycles. The van der Waals surface area contributed by atoms with E-state index in [1.807, 2.05) is 12.1 Å². The Morgan fingerprint density at radius 2 is 1.60 bits per heavy atom. The van der Waals surface area contributed by atoms with Gasteiger partial charge in [0.25, 0.3) is 5.69 Å². The highest BCUT2D eigenvalue weighted by Crippen LogP contribution is 2.28. The van der Waals surface area contributed by atoms with E-state index in [0.717, 1.165) is 83.1 Å². The van der Waals surface area contributed by atoms with Gasteiger partial charge in [-0.2, -0.15) is 0 Å². The molecule has 0 saturated carbocycles. The molecule has 4 rings (SSSR count). The molecule has 2 aliphatic rings. The van der Waals surface area contributed by atoms with Gasteiger partial charge in [-0.15, -0.1) is 0 Å². The van der Waals surface area contributed by atoms with Crippen molar-refractivity contribution in [1.82, 2.24) is 4.90 Å². The number of nitrogens with zero attached hydrogens (tertiary/aromatic N) is 4. The summed E-state index contributed by atoms with van der Waals surface area (Å²) in [6.07, 6.45) is 1.85. The Labute approximate surface area is 178 Å². The summed E-state index contributed by atoms with van der Waals surface area (Å²) in [5.74, 6) is 0. The third-order valence-corrected chi connectivity index (χ3v) is 6.04. The Bertz CT molecular complexity index is 832. The van der Waals surface area contributed by atoms with Gasteiger partial charge < -0.3 is 14.5 Å². The summed E-state index contributed by atoms with van der Waals surface area (Å²) in [5, 5.41) is 11.3. The van der Waals surface area contributed by atoms with Gasteiger partial charge in [-0.05, 0) is 43.1 Å². The van der Waals surface area contributed by atoms with Crippen molar-refractivity contribution in [2.24, 2.45) is 0 Å². The zero-order valence-corrected chi connectivity index (χ0v) is 17.4. The van der Waals surface area contributed by atoms with E-state index in [9.17, 15) is 10.1 Å². The molecule has 0 aromatic heterocycles. The van der Waals surface area contributed by atoms with E-state index in [2.05, 4.69) is 39.0 Å². The maximum Gasteiger partial charge on any atom is 0.269 e. The van der Waals surface area contributed by atoms with E-state index < -0.39 is 0 Å². The molecular weight excluding hydrogens is 380 g/mol. The van der Waals surface area contributed by atoms with Crippen LogP contribution >= 0.6 is 0 Å². The molecule has 2 aromatic carbocycles. The normalized spacial score (nSPS) is 17.9. The first-order chi connectivity index (χ1) is 14.7. The predicted molar refractivity (Wildman–Crippen MR) is 120 cm³/mol. The van der Waals surface area contributed by atoms with E-state index in [0.29, 0.717) is 0 Å². The van der Waals surface area contributed by atoms with Gasteiger partial charge >= 0.3 is 0 Å². The first kappa shape index (κ1) is 20.6. The molecule has 0 atom stereocenters. The Balaban J connectivity index is 1.42. The van der Waals surface area contributed by atoms with E-state index in [4.69, 9.17) is 4.74 Å². The van der Waals surface area contributed by atoms with Crippen LogP contribution in [0.4, 0.5) is 17.1 Å². The quantitative estimate of drug-likeness (QED) is 0.516. The van der Waals surface area contributed by atoms with Crippen LogP contribution in [-0.4, -0.2) is 68.9 Å². The summed E-state index contributed by atoms with van der Waals surface area (Å²) in [6.45, 7) is 8.30. The first-order valence-corrected chi connectivity index (χ1v) is 10.8. The van der Waals surface area contributed by atoms with Crippen LogP contribution < -0.4 is 9.80 Å². The molecule has 0 N–H and O–H groups in total. The molecule has 0 aliphatic carbocycles. The van der Waals surface area contributed by atoms with Gasteiger partial charge in [-0.1, -0.05) is 18.2 Å². The van der Waals surface area contributed by atoms with Crippen molar-refractivity contribution in [1.29, 1.82) is 0 Å². The highest BCUT2D eigenvalue weighted by molar-refractivity contribution is 5.59. The van der Waals surface area contributed by atoms with Gasteiger partial charge in [0, 0.05) is 62.8 Å². The number of morpholine rings is 1. The van der Waals surface area contributed by atoms with E-state index in [1.54, 1.807) is 12.1 Å². The second-order valence-electron chi connectivity index (χ2n) is 7.94. The summed E-state index contributed by atoms with van der Waals surface area (Å²) in [6, 6.07) is 15.9. The van der Waals surface area contributed by atoms with Crippen molar-refractivity contribution in [2.45, 2.75) is 12.8 Å². The molecule has 2 aliphatic heterocycles. The number of nitro benzene ring substituents is 1. The molecule has 0 bridgehead atoms. The molecule has 2 aromatic rings. The number of para-hydroxylation sites is 1. The minimum Gasteiger partial charge on any atom is -0.379 e. The Morgan fingerprint density at radius 1 is 0.900 bits per heavy atom. The lowest BCUT2D eigenvalue weighted by atomic mass is 10.0. The van der Waals surface area contributed by atoms with Crippen LogP contribution in [0.3, 0.4) is 0 Å². The number of nitro groups is 1. The zero-order valence-electron chi connectivity index (χ0n) is 17.4. The number of ether oxygens (including phenoxy) is 1. The molecule has 0 radical (unpaired) electrons. The van der Waals surface area contributed by atoms with Crippen LogP contribution in [0.1, 0.15) is 12.0 Å². The van der Waals surface area contributed by atoms with Gasteiger partial charge in [-0.3, -0.25) is 15.0 Å². The molecule has 7 nitrogen and oxygen atoms in total. The summed E-state index contributed by atoms with van der Waals surface area (Å²) >= 11 is 0. The third kappa shape index (κ3) is 5.09. The van der Waals surface area contributed by atoms with E-state index in [-0.39, 0.29) is 10.6 Å². The van der Waals surface area contributed by atoms with Crippen molar-refractivity contribution >= 4 is 17.1 Å². The monoisotopic (exact) mass is 410 g/mol. The first-order valence-electron chi connectivity index (χ1n) is 10.8. The number of hydrogen-bond donors (Lipinski definition) is 0. The maximum absolute atomic E-state index is 11.3. The number of benzene rings is 2. The summed E-state index contributed by atoms with van der Waals surface area (Å²) < 4.78 is 5.42. The highest BCUT2D eigenvalue weighted by atomic mass is 16.6. The number of hydrogen-bond acceptors (Lipinski definition) is 6. The van der Waals surface area contributed by atoms with Crippen LogP contribution in [0.15, 0.2) is 48.5 Å². The Kier molecular flexibility index (Phi) is 6.81. The lowest BCUT2D eigenvalue weighted by Crippen LogP contribution is -2.46. The fourth-order valence-corrected chi connectivity index (χ4v) is 4.36. The van der Waals surface area contributed by atoms with E-state index in [1.165, 1.54) is 5.69 Å². The minimum absolute atomic E-state index is 0.183. The van der Waals surface area contributed by atoms with Crippen molar-refractivity contribution in [3.8, 4) is 0 Å². The van der Waals surface area contributed by atoms with E-state index >= 15 is 0 Å². The fraction of sp³-hybridized carbons (Fsp3) is 0.478. The summed E-state index contributed by atoms with van der Waals surface area (Å²) in [7, 11) is 0. The van der Waals surface area contributed by atoms with Gasteiger partial charge in [0.05, 0.1) is 18.1 Å². The van der Waals surface area contributed by atoms with Crippen LogP contribution in [0.25, 0.3) is 0 Å². The number of anilines is 2. The summed E-state index contributed by atoms with van der Waals surface area (Å²) in [5.41, 5.74) is 3.68. The van der Waals surface area contributed by atoms with Crippen molar-refractivity contribution in [2.75, 3.05) is 68.8 Å². The lowest BCUT2D eigenvalue weighted by Gasteiger charge is -2.38. The molecular formula is C23H30N4O3. The van der Waals surface area contributed by atoms with Gasteiger partial charge in [-0.25, -0.2) is 0 Å². The molecule has 0 amide bonds.